The van der Waals surface area contributed by atoms with Crippen molar-refractivity contribution in [1.29, 1.82) is 0 Å². The fourth-order valence-electron chi connectivity index (χ4n) is 3.14. The van der Waals surface area contributed by atoms with Crippen LogP contribution in [0.1, 0.15) is 11.3 Å². The number of aromatic nitrogens is 4. The molecule has 1 saturated heterocycles. The van der Waals surface area contributed by atoms with Crippen molar-refractivity contribution in [3.05, 3.63) is 47.9 Å². The standard InChI is InChI=1S/C19H24N6O2/c1-15-12-18(25-19(23-15)21-14-22-25)20-13-16-4-2-3-5-17(16)27-11-8-24-6-9-26-10-7-24/h2-5,12,14,20H,6-11,13H2,1H3. The van der Waals surface area contributed by atoms with Crippen LogP contribution >= 0.6 is 0 Å². The SMILES string of the molecule is Cc1cc(NCc2ccccc2OCCN2CCOCC2)n2ncnc2n1. The summed E-state index contributed by atoms with van der Waals surface area (Å²) < 4.78 is 13.1. The molecule has 1 fully saturated rings. The Kier molecular flexibility index (Phi) is 5.45. The fraction of sp³-hybridized carbons (Fsp3) is 0.421. The van der Waals surface area contributed by atoms with Crippen LogP contribution in [-0.4, -0.2) is 63.9 Å². The molecule has 1 N–H and O–H groups in total. The van der Waals surface area contributed by atoms with Gasteiger partial charge in [-0.2, -0.15) is 14.6 Å². The van der Waals surface area contributed by atoms with Crippen molar-refractivity contribution >= 4 is 11.6 Å². The van der Waals surface area contributed by atoms with Gasteiger partial charge >= 0.3 is 0 Å². The summed E-state index contributed by atoms with van der Waals surface area (Å²) in [5.41, 5.74) is 2.00. The van der Waals surface area contributed by atoms with Crippen molar-refractivity contribution < 1.29 is 9.47 Å². The van der Waals surface area contributed by atoms with E-state index < -0.39 is 0 Å². The minimum atomic E-state index is 0.590. The second kappa shape index (κ2) is 8.32. The van der Waals surface area contributed by atoms with Crippen LogP contribution in [0.15, 0.2) is 36.7 Å². The van der Waals surface area contributed by atoms with Gasteiger partial charge in [-0.25, -0.2) is 4.98 Å². The summed E-state index contributed by atoms with van der Waals surface area (Å²) in [6.07, 6.45) is 1.51. The third kappa shape index (κ3) is 4.35. The molecule has 3 heterocycles. The number of nitrogens with one attached hydrogen (secondary N) is 1. The number of aryl methyl sites for hydroxylation is 1. The van der Waals surface area contributed by atoms with E-state index in [0.717, 1.165) is 55.7 Å². The summed E-state index contributed by atoms with van der Waals surface area (Å²) in [7, 11) is 0. The number of benzene rings is 1. The van der Waals surface area contributed by atoms with Gasteiger partial charge in [0.15, 0.2) is 0 Å². The van der Waals surface area contributed by atoms with Gasteiger partial charge < -0.3 is 14.8 Å². The number of hydrogen-bond donors (Lipinski definition) is 1. The highest BCUT2D eigenvalue weighted by Crippen LogP contribution is 2.20. The molecule has 0 aliphatic carbocycles. The molecule has 0 atom stereocenters. The molecule has 4 rings (SSSR count). The molecule has 1 aliphatic rings. The van der Waals surface area contributed by atoms with Crippen LogP contribution in [0.3, 0.4) is 0 Å². The number of ether oxygens (including phenoxy) is 2. The highest BCUT2D eigenvalue weighted by molar-refractivity contribution is 5.46. The van der Waals surface area contributed by atoms with E-state index in [2.05, 4.69) is 31.3 Å². The zero-order valence-electron chi connectivity index (χ0n) is 15.5. The lowest BCUT2D eigenvalue weighted by atomic mass is 10.2. The van der Waals surface area contributed by atoms with E-state index in [1.54, 1.807) is 4.52 Å². The maximum atomic E-state index is 6.05. The van der Waals surface area contributed by atoms with E-state index in [1.165, 1.54) is 6.33 Å². The van der Waals surface area contributed by atoms with Crippen molar-refractivity contribution in [2.24, 2.45) is 0 Å². The van der Waals surface area contributed by atoms with Gasteiger partial charge in [0.1, 0.15) is 24.5 Å². The second-order valence-electron chi connectivity index (χ2n) is 6.52. The molecule has 0 amide bonds. The number of morpholine rings is 1. The summed E-state index contributed by atoms with van der Waals surface area (Å²) in [4.78, 5) is 10.9. The van der Waals surface area contributed by atoms with E-state index in [-0.39, 0.29) is 0 Å². The first kappa shape index (κ1) is 17.7. The first-order chi connectivity index (χ1) is 13.3. The smallest absolute Gasteiger partial charge is 0.254 e. The van der Waals surface area contributed by atoms with Gasteiger partial charge in [0.2, 0.25) is 0 Å². The molecule has 0 unspecified atom stereocenters. The Bertz CT molecular complexity index is 891. The molecule has 142 valence electrons. The van der Waals surface area contributed by atoms with E-state index in [0.29, 0.717) is 18.9 Å². The average molecular weight is 368 g/mol. The largest absolute Gasteiger partial charge is 0.492 e. The predicted molar refractivity (Wildman–Crippen MR) is 102 cm³/mol. The first-order valence-corrected chi connectivity index (χ1v) is 9.22. The van der Waals surface area contributed by atoms with Crippen LogP contribution in [-0.2, 0) is 11.3 Å². The summed E-state index contributed by atoms with van der Waals surface area (Å²) in [6.45, 7) is 7.72. The van der Waals surface area contributed by atoms with Crippen LogP contribution in [0.5, 0.6) is 5.75 Å². The molecule has 0 radical (unpaired) electrons. The lowest BCUT2D eigenvalue weighted by Gasteiger charge is -2.26. The average Bonchev–Trinajstić information content (AvgIpc) is 3.16. The van der Waals surface area contributed by atoms with Crippen molar-refractivity contribution in [2.75, 3.05) is 44.8 Å². The van der Waals surface area contributed by atoms with Crippen LogP contribution in [0.2, 0.25) is 0 Å². The maximum Gasteiger partial charge on any atom is 0.254 e. The molecule has 0 saturated carbocycles. The molecule has 1 aromatic carbocycles. The van der Waals surface area contributed by atoms with E-state index >= 15 is 0 Å². The Hall–Kier alpha value is -2.71. The molecule has 8 nitrogen and oxygen atoms in total. The third-order valence-electron chi connectivity index (χ3n) is 4.58. The van der Waals surface area contributed by atoms with Gasteiger partial charge in [-0.1, -0.05) is 18.2 Å². The van der Waals surface area contributed by atoms with Crippen LogP contribution in [0, 0.1) is 6.92 Å². The summed E-state index contributed by atoms with van der Waals surface area (Å²) in [5, 5.41) is 7.65. The molecule has 0 spiro atoms. The molecule has 0 bridgehead atoms. The lowest BCUT2D eigenvalue weighted by Crippen LogP contribution is -2.38. The third-order valence-corrected chi connectivity index (χ3v) is 4.58. The maximum absolute atomic E-state index is 6.05. The summed E-state index contributed by atoms with van der Waals surface area (Å²) in [5.74, 6) is 2.35. The zero-order valence-corrected chi connectivity index (χ0v) is 15.5. The molecular formula is C19H24N6O2. The Morgan fingerprint density at radius 3 is 2.96 bits per heavy atom. The minimum Gasteiger partial charge on any atom is -0.492 e. The Morgan fingerprint density at radius 1 is 1.22 bits per heavy atom. The monoisotopic (exact) mass is 368 g/mol. The minimum absolute atomic E-state index is 0.590. The summed E-state index contributed by atoms with van der Waals surface area (Å²) in [6, 6.07) is 10.1. The van der Waals surface area contributed by atoms with E-state index in [9.17, 15) is 0 Å². The number of rotatable bonds is 7. The topological polar surface area (TPSA) is 76.8 Å². The predicted octanol–water partition coefficient (Wildman–Crippen LogP) is 1.76. The van der Waals surface area contributed by atoms with Gasteiger partial charge in [0, 0.05) is 43.5 Å². The van der Waals surface area contributed by atoms with Crippen LogP contribution < -0.4 is 10.1 Å². The highest BCUT2D eigenvalue weighted by atomic mass is 16.5. The van der Waals surface area contributed by atoms with Gasteiger partial charge in [-0.05, 0) is 13.0 Å². The Balaban J connectivity index is 1.39. The Morgan fingerprint density at radius 2 is 2.07 bits per heavy atom. The zero-order chi connectivity index (χ0) is 18.5. The Labute approximate surface area is 158 Å². The van der Waals surface area contributed by atoms with Crippen molar-refractivity contribution in [1.82, 2.24) is 24.5 Å². The van der Waals surface area contributed by atoms with Gasteiger partial charge in [0.05, 0.1) is 13.2 Å². The number of anilines is 1. The molecule has 8 heteroatoms. The van der Waals surface area contributed by atoms with Crippen molar-refractivity contribution in [3.63, 3.8) is 0 Å². The highest BCUT2D eigenvalue weighted by Gasteiger charge is 2.11. The fourth-order valence-corrected chi connectivity index (χ4v) is 3.14. The first-order valence-electron chi connectivity index (χ1n) is 9.22. The molecule has 1 aliphatic heterocycles. The number of hydrogen-bond acceptors (Lipinski definition) is 7. The molecule has 3 aromatic rings. The van der Waals surface area contributed by atoms with E-state index in [4.69, 9.17) is 9.47 Å². The number of fused-ring (bicyclic) bond motifs is 1. The van der Waals surface area contributed by atoms with E-state index in [1.807, 2.05) is 31.2 Å². The second-order valence-corrected chi connectivity index (χ2v) is 6.52. The molecule has 27 heavy (non-hydrogen) atoms. The van der Waals surface area contributed by atoms with Gasteiger partial charge in [-0.3, -0.25) is 4.90 Å². The molecular weight excluding hydrogens is 344 g/mol. The quantitative estimate of drug-likeness (QED) is 0.681. The number of para-hydroxylation sites is 1. The van der Waals surface area contributed by atoms with Crippen molar-refractivity contribution in [2.45, 2.75) is 13.5 Å². The van der Waals surface area contributed by atoms with Gasteiger partial charge in [0.25, 0.3) is 5.78 Å². The number of nitrogens with zero attached hydrogens (tertiary/aromatic N) is 5. The normalized spacial score (nSPS) is 15.1. The van der Waals surface area contributed by atoms with Crippen LogP contribution in [0.25, 0.3) is 5.78 Å². The van der Waals surface area contributed by atoms with Crippen molar-refractivity contribution in [3.8, 4) is 5.75 Å². The van der Waals surface area contributed by atoms with Gasteiger partial charge in [-0.15, -0.1) is 0 Å². The molecule has 2 aromatic heterocycles. The lowest BCUT2D eigenvalue weighted by molar-refractivity contribution is 0.0322. The summed E-state index contributed by atoms with van der Waals surface area (Å²) >= 11 is 0. The van der Waals surface area contributed by atoms with Crippen LogP contribution in [0.4, 0.5) is 5.82 Å².